The van der Waals surface area contributed by atoms with E-state index in [0.29, 0.717) is 54.9 Å². The Morgan fingerprint density at radius 1 is 0.370 bits per heavy atom. The maximum Gasteiger partial charge on any atom is 0.327 e. The number of pyridine rings is 4. The first-order valence-corrected chi connectivity index (χ1v) is 46.0. The zero-order chi connectivity index (χ0) is 93.0. The molecule has 0 radical (unpaired) electrons. The largest absolute Gasteiger partial charge is 0.492 e. The number of H-pyrrole nitrogens is 1. The average molecular weight is 1900 g/mol. The van der Waals surface area contributed by atoms with Gasteiger partial charge in [-0.15, -0.1) is 20.4 Å². The second-order valence-electron chi connectivity index (χ2n) is 32.3. The summed E-state index contributed by atoms with van der Waals surface area (Å²) in [6.45, 7) is 17.8. The fourth-order valence-corrected chi connectivity index (χ4v) is 15.9. The number of nitrogens with one attached hydrogen (secondary N) is 5. The lowest BCUT2D eigenvalue weighted by Crippen LogP contribution is -2.25. The molecular weight excluding hydrogens is 1790 g/mol. The molecule has 0 spiro atoms. The maximum absolute atomic E-state index is 11.5. The second kappa shape index (κ2) is 46.4. The van der Waals surface area contributed by atoms with Crippen LogP contribution in [-0.4, -0.2) is 271 Å². The van der Waals surface area contributed by atoms with Crippen molar-refractivity contribution in [2.24, 2.45) is 0 Å². The highest BCUT2D eigenvalue weighted by Gasteiger charge is 2.21. The van der Waals surface area contributed by atoms with Gasteiger partial charge in [0.1, 0.15) is 67.8 Å². The molecule has 0 bridgehead atoms. The zero-order valence-corrected chi connectivity index (χ0v) is 76.9. The highest BCUT2D eigenvalue weighted by molar-refractivity contribution is 9.09. The Morgan fingerprint density at radius 3 is 0.919 bits per heavy atom. The fraction of sp³-hybridized carbons (Fsp3) is 0.326. The number of hydrogen-bond donors (Lipinski definition) is 6. The van der Waals surface area contributed by atoms with Gasteiger partial charge in [0.2, 0.25) is 23.8 Å². The van der Waals surface area contributed by atoms with E-state index in [1.165, 1.54) is 127 Å². The molecular formula is C95H107BrN28O11. The van der Waals surface area contributed by atoms with Gasteiger partial charge in [-0.25, -0.2) is 18.1 Å². The first-order chi connectivity index (χ1) is 66.1. The van der Waals surface area contributed by atoms with Gasteiger partial charge in [-0.1, -0.05) is 40.2 Å². The van der Waals surface area contributed by atoms with Crippen molar-refractivity contribution in [1.82, 2.24) is 118 Å². The van der Waals surface area contributed by atoms with Gasteiger partial charge in [0.05, 0.1) is 68.3 Å². The number of carboxylic acids is 1. The number of fused-ring (bicyclic) bond motifs is 4. The number of carbonyl (C=O) groups excluding carboxylic acids is 3. The van der Waals surface area contributed by atoms with E-state index < -0.39 is 5.97 Å². The quantitative estimate of drug-likeness (QED) is 0.0159. The molecule has 6 N–H and O–H groups in total. The summed E-state index contributed by atoms with van der Waals surface area (Å²) in [5.41, 5.74) is 13.2. The molecule has 16 heterocycles. The first-order valence-electron chi connectivity index (χ1n) is 44.9. The number of nitrogens with zero attached hydrogens (tertiary/aromatic N) is 23. The molecule has 700 valence electrons. The van der Waals surface area contributed by atoms with Gasteiger partial charge >= 0.3 is 17.9 Å². The fourth-order valence-electron chi connectivity index (χ4n) is 15.7. The monoisotopic (exact) mass is 1890 g/mol. The van der Waals surface area contributed by atoms with Crippen LogP contribution in [0.2, 0.25) is 0 Å². The van der Waals surface area contributed by atoms with Crippen molar-refractivity contribution < 1.29 is 52.7 Å². The number of hydrogen-bond acceptors (Lipinski definition) is 30. The van der Waals surface area contributed by atoms with Crippen LogP contribution in [0, 0.1) is 0 Å². The van der Waals surface area contributed by atoms with Crippen LogP contribution in [0.5, 0.6) is 23.0 Å². The number of benzene rings is 4. The Balaban J connectivity index is 0.000000128. The standard InChI is InChI=1S/C24H27N7O3.C24H27N7O2.C23H25N7O3.C21H23N7O.C3H5BrO2/c1-33-23(32)17-30-16-18(15-25-30)21-5-4-6-22-27-24(28-31(21)22)26-19-7-9-20(10-8-19)34-14-13-29-11-2-3-12-29;1-18(32)16-30-17-19(15-25-30)22-5-4-6-23-27-24(28-31(22)23)26-20-7-9-21(10-8-20)33-14-13-29-11-2-3-12-29;31-22(32)16-29-15-17(14-24-29)20-4-3-5-21-26-23(27-30(20)21)25-18-6-8-19(9-7-18)33-13-12-28-10-1-2-11-28;1-2-11-27(10-1)12-13-29-18-8-6-17(7-9-18)24-21-25-20-5-3-4-19(28(20)26-21)16-14-22-23-15-16;1-6-3(5)2-4/h4-10,15-16H,2-3,11-14,17H2,1H3,(H,26,28);4-10,15,17H,2-3,11-14,16H2,1H3,(H,26,28);3-9,14-15H,1-2,10-13,16H2,(H,25,27)(H,31,32);3-9,14-15H,1-2,10-13H2,(H,22,23)(H,24,26);2H2,1H3. The van der Waals surface area contributed by atoms with E-state index in [0.717, 1.165) is 135 Å². The Bertz CT molecular complexity index is 6310. The number of aliphatic carboxylic acids is 1. The summed E-state index contributed by atoms with van der Waals surface area (Å²) >= 11 is 2.90. The Labute approximate surface area is 785 Å². The molecule has 0 saturated carbocycles. The summed E-state index contributed by atoms with van der Waals surface area (Å²) in [4.78, 5) is 71.8. The number of anilines is 8. The molecule has 20 rings (SSSR count). The minimum atomic E-state index is -0.946. The van der Waals surface area contributed by atoms with Crippen LogP contribution in [0.1, 0.15) is 58.3 Å². The lowest BCUT2D eigenvalue weighted by Gasteiger charge is -2.15. The molecule has 0 amide bonds. The number of likely N-dealkylation sites (tertiary alicyclic amines) is 4. The van der Waals surface area contributed by atoms with Crippen LogP contribution < -0.4 is 40.2 Å². The number of ether oxygens (including phenoxy) is 6. The van der Waals surface area contributed by atoms with Gasteiger partial charge in [0.25, 0.3) is 0 Å². The lowest BCUT2D eigenvalue weighted by molar-refractivity contribution is -0.141. The van der Waals surface area contributed by atoms with Crippen LogP contribution in [0.25, 0.3) is 67.6 Å². The lowest BCUT2D eigenvalue weighted by atomic mass is 10.2. The molecule has 0 aliphatic carbocycles. The molecule has 4 aromatic carbocycles. The van der Waals surface area contributed by atoms with Crippen molar-refractivity contribution in [3.05, 3.63) is 219 Å². The molecule has 4 saturated heterocycles. The third-order valence-corrected chi connectivity index (χ3v) is 23.0. The Kier molecular flexibility index (Phi) is 32.0. The van der Waals surface area contributed by atoms with Crippen molar-refractivity contribution >= 4 is 109 Å². The minimum Gasteiger partial charge on any atom is -0.492 e. The van der Waals surface area contributed by atoms with Gasteiger partial charge in [-0.3, -0.25) is 57.9 Å². The van der Waals surface area contributed by atoms with Crippen molar-refractivity contribution in [1.29, 1.82) is 0 Å². The van der Waals surface area contributed by atoms with E-state index in [1.54, 1.807) is 62.3 Å². The molecule has 12 aromatic heterocycles. The summed E-state index contributed by atoms with van der Waals surface area (Å²) in [6.07, 6.45) is 24.3. The summed E-state index contributed by atoms with van der Waals surface area (Å²) in [5, 5.41) is 60.1. The van der Waals surface area contributed by atoms with Crippen LogP contribution in [0.4, 0.5) is 46.5 Å². The van der Waals surface area contributed by atoms with Gasteiger partial charge in [-0.05, 0) is 256 Å². The predicted octanol–water partition coefficient (Wildman–Crippen LogP) is 13.2. The average Bonchev–Trinajstić information content (AvgIpc) is 1.67. The first kappa shape index (κ1) is 93.2. The van der Waals surface area contributed by atoms with E-state index >= 15 is 0 Å². The van der Waals surface area contributed by atoms with Crippen LogP contribution >= 0.6 is 15.9 Å². The van der Waals surface area contributed by atoms with E-state index in [2.05, 4.69) is 127 Å². The number of alkyl halides is 1. The summed E-state index contributed by atoms with van der Waals surface area (Å²) in [6, 6.07) is 54.3. The molecule has 4 aliphatic heterocycles. The molecule has 0 atom stereocenters. The minimum absolute atomic E-state index is 0.0502. The number of halogens is 1. The van der Waals surface area contributed by atoms with E-state index in [4.69, 9.17) is 28.8 Å². The molecule has 39 nitrogen and oxygen atoms in total. The third kappa shape index (κ3) is 26.3. The smallest absolute Gasteiger partial charge is 0.327 e. The number of esters is 2. The number of aromatic nitrogens is 20. The highest BCUT2D eigenvalue weighted by atomic mass is 79.9. The third-order valence-electron chi connectivity index (χ3n) is 22.5. The molecule has 135 heavy (non-hydrogen) atoms. The predicted molar refractivity (Wildman–Crippen MR) is 513 cm³/mol. The van der Waals surface area contributed by atoms with Gasteiger partial charge in [0.15, 0.2) is 28.4 Å². The number of methoxy groups -OCH3 is 2. The van der Waals surface area contributed by atoms with Crippen LogP contribution in [-0.2, 0) is 48.3 Å². The van der Waals surface area contributed by atoms with E-state index in [1.807, 2.05) is 187 Å². The highest BCUT2D eigenvalue weighted by Crippen LogP contribution is 2.30. The number of aromatic amines is 1. The Morgan fingerprint density at radius 2 is 0.659 bits per heavy atom. The van der Waals surface area contributed by atoms with Gasteiger partial charge in [0, 0.05) is 96.0 Å². The molecule has 4 aliphatic rings. The molecule has 0 unspecified atom stereocenters. The summed E-state index contributed by atoms with van der Waals surface area (Å²) in [5.74, 6) is 3.91. The molecule has 4 fully saturated rings. The number of carbonyl (C=O) groups is 4. The van der Waals surface area contributed by atoms with Crippen molar-refractivity contribution in [2.45, 2.75) is 77.9 Å². The van der Waals surface area contributed by atoms with Crippen molar-refractivity contribution in [3.8, 4) is 68.0 Å². The molecule has 16 aromatic rings. The normalized spacial score (nSPS) is 13.8. The number of rotatable bonds is 35. The zero-order valence-electron chi connectivity index (χ0n) is 75.3. The number of carboxylic acid groups (broad SMARTS) is 1. The Hall–Kier alpha value is -15.0. The van der Waals surface area contributed by atoms with Gasteiger partial charge in [-0.2, -0.15) is 40.3 Å². The SMILES string of the molecule is CC(=O)Cn1cc(-c2cccc3nc(Nc4ccc(OCCN5CCCC5)cc4)nn23)cn1.COC(=O)CBr.COC(=O)Cn1cc(-c2cccc3nc(Nc4ccc(OCCN5CCCC5)cc4)nn23)cn1.O=C(O)Cn1cc(-c2cccc3nc(Nc4ccc(OCCN5CCCC5)cc4)nn23)cn1.c1cc(-c2cn[nH]c2)n2nc(Nc3ccc(OCCN4CCCC4)cc3)nc2c1. The number of Topliss-reactive ketones (excluding diaryl/α,β-unsaturated/α-hetero) is 1. The summed E-state index contributed by atoms with van der Waals surface area (Å²) < 4.78 is 44.0. The number of ketones is 1. The van der Waals surface area contributed by atoms with Crippen LogP contribution in [0.15, 0.2) is 219 Å². The van der Waals surface area contributed by atoms with Gasteiger partial charge < -0.3 is 54.8 Å². The van der Waals surface area contributed by atoms with E-state index in [9.17, 15) is 19.2 Å². The maximum atomic E-state index is 11.5. The second-order valence-corrected chi connectivity index (χ2v) is 32.9. The molecule has 40 heteroatoms. The van der Waals surface area contributed by atoms with Crippen molar-refractivity contribution in [3.63, 3.8) is 0 Å². The summed E-state index contributed by atoms with van der Waals surface area (Å²) in [7, 11) is 2.71. The topological polar surface area (TPSA) is 408 Å². The van der Waals surface area contributed by atoms with E-state index in [-0.39, 0.29) is 42.7 Å². The van der Waals surface area contributed by atoms with Crippen molar-refractivity contribution in [2.75, 3.05) is 146 Å². The van der Waals surface area contributed by atoms with Crippen LogP contribution in [0.3, 0.4) is 0 Å².